The smallest absolute Gasteiger partial charge is 0.277 e. The summed E-state index contributed by atoms with van der Waals surface area (Å²) < 4.78 is 1.73. The third-order valence-electron chi connectivity index (χ3n) is 3.87. The van der Waals surface area contributed by atoms with Gasteiger partial charge in [-0.25, -0.2) is 15.0 Å². The van der Waals surface area contributed by atoms with Crippen LogP contribution in [0, 0.1) is 5.92 Å². The Labute approximate surface area is 131 Å². The van der Waals surface area contributed by atoms with Crippen molar-refractivity contribution in [2.24, 2.45) is 5.92 Å². The molecule has 1 atom stereocenters. The first-order chi connectivity index (χ1) is 10.7. The molecule has 0 spiro atoms. The van der Waals surface area contributed by atoms with Crippen LogP contribution in [0.3, 0.4) is 0 Å². The number of fused-ring (bicyclic) bond motifs is 2. The van der Waals surface area contributed by atoms with Crippen LogP contribution >= 0.6 is 11.3 Å². The maximum absolute atomic E-state index is 12.3. The van der Waals surface area contributed by atoms with Crippen LogP contribution in [0.15, 0.2) is 24.7 Å². The van der Waals surface area contributed by atoms with Crippen LogP contribution in [-0.2, 0) is 12.8 Å². The molecule has 0 aromatic carbocycles. The standard InChI is InChI=1S/C15H15N5OS/c1-9-3-4-10-12(7-9)22-15(18-10)19-13(21)11-8-20-6-2-5-16-14(20)17-11/h2,5-6,8-9H,3-4,7H2,1H3,(H,18,19,21)/t9-/m0/s1. The molecule has 1 amide bonds. The monoisotopic (exact) mass is 313 g/mol. The summed E-state index contributed by atoms with van der Waals surface area (Å²) in [4.78, 5) is 26.5. The van der Waals surface area contributed by atoms with Gasteiger partial charge in [-0.05, 0) is 31.2 Å². The highest BCUT2D eigenvalue weighted by Gasteiger charge is 2.21. The van der Waals surface area contributed by atoms with Gasteiger partial charge in [0.25, 0.3) is 5.91 Å². The molecule has 3 aromatic heterocycles. The molecule has 4 rings (SSSR count). The van der Waals surface area contributed by atoms with Gasteiger partial charge in [0.15, 0.2) is 5.13 Å². The fourth-order valence-corrected chi connectivity index (χ4v) is 3.86. The minimum Gasteiger partial charge on any atom is -0.296 e. The SMILES string of the molecule is C[C@H]1CCc2nc(NC(=O)c3cn4cccnc4n3)sc2C1. The molecular weight excluding hydrogens is 298 g/mol. The number of hydrogen-bond acceptors (Lipinski definition) is 5. The Bertz CT molecular complexity index is 820. The van der Waals surface area contributed by atoms with Crippen molar-refractivity contribution in [3.8, 4) is 0 Å². The highest BCUT2D eigenvalue weighted by Crippen LogP contribution is 2.32. The van der Waals surface area contributed by atoms with Crippen LogP contribution in [0.5, 0.6) is 0 Å². The molecule has 1 aliphatic rings. The van der Waals surface area contributed by atoms with Crippen molar-refractivity contribution in [2.45, 2.75) is 26.2 Å². The molecule has 0 bridgehead atoms. The van der Waals surface area contributed by atoms with Gasteiger partial charge in [-0.15, -0.1) is 11.3 Å². The number of aromatic nitrogens is 4. The van der Waals surface area contributed by atoms with E-state index in [1.165, 1.54) is 11.3 Å². The zero-order chi connectivity index (χ0) is 15.1. The molecule has 7 heteroatoms. The number of carbonyl (C=O) groups is 1. The normalized spacial score (nSPS) is 17.4. The summed E-state index contributed by atoms with van der Waals surface area (Å²) in [6, 6.07) is 1.80. The highest BCUT2D eigenvalue weighted by molar-refractivity contribution is 7.15. The summed E-state index contributed by atoms with van der Waals surface area (Å²) in [5.41, 5.74) is 1.48. The molecule has 112 valence electrons. The molecule has 0 saturated carbocycles. The molecule has 0 unspecified atom stereocenters. The molecule has 6 nitrogen and oxygen atoms in total. The van der Waals surface area contributed by atoms with E-state index in [0.717, 1.165) is 18.5 Å². The zero-order valence-corrected chi connectivity index (χ0v) is 12.9. The van der Waals surface area contributed by atoms with Crippen LogP contribution in [0.2, 0.25) is 0 Å². The van der Waals surface area contributed by atoms with Crippen molar-refractivity contribution in [3.63, 3.8) is 0 Å². The van der Waals surface area contributed by atoms with Crippen LogP contribution < -0.4 is 5.32 Å². The predicted octanol–water partition coefficient (Wildman–Crippen LogP) is 2.56. The quantitative estimate of drug-likeness (QED) is 0.789. The number of anilines is 1. The number of nitrogens with one attached hydrogen (secondary N) is 1. The number of imidazole rings is 1. The van der Waals surface area contributed by atoms with E-state index in [1.54, 1.807) is 34.2 Å². The van der Waals surface area contributed by atoms with Crippen molar-refractivity contribution in [3.05, 3.63) is 40.9 Å². The van der Waals surface area contributed by atoms with E-state index in [0.29, 0.717) is 22.5 Å². The van der Waals surface area contributed by atoms with Crippen molar-refractivity contribution in [2.75, 3.05) is 5.32 Å². The lowest BCUT2D eigenvalue weighted by Crippen LogP contribution is -2.12. The van der Waals surface area contributed by atoms with Crippen molar-refractivity contribution < 1.29 is 4.79 Å². The maximum Gasteiger partial charge on any atom is 0.277 e. The number of carbonyl (C=O) groups excluding carboxylic acids is 1. The van der Waals surface area contributed by atoms with E-state index in [-0.39, 0.29) is 5.91 Å². The zero-order valence-electron chi connectivity index (χ0n) is 12.1. The minimum atomic E-state index is -0.246. The molecular formula is C15H15N5OS. The van der Waals surface area contributed by atoms with Crippen molar-refractivity contribution in [1.29, 1.82) is 0 Å². The summed E-state index contributed by atoms with van der Waals surface area (Å²) in [5, 5.41) is 3.52. The first-order valence-electron chi connectivity index (χ1n) is 7.28. The number of thiazole rings is 1. The molecule has 22 heavy (non-hydrogen) atoms. The second kappa shape index (κ2) is 5.17. The average Bonchev–Trinajstić information content (AvgIpc) is 3.09. The number of aryl methyl sites for hydroxylation is 1. The Morgan fingerprint density at radius 1 is 1.45 bits per heavy atom. The van der Waals surface area contributed by atoms with Gasteiger partial charge in [0, 0.05) is 23.5 Å². The van der Waals surface area contributed by atoms with E-state index in [2.05, 4.69) is 27.2 Å². The lowest BCUT2D eigenvalue weighted by molar-refractivity contribution is 0.102. The van der Waals surface area contributed by atoms with Gasteiger partial charge in [-0.3, -0.25) is 14.5 Å². The summed E-state index contributed by atoms with van der Waals surface area (Å²) in [6.07, 6.45) is 8.37. The number of amides is 1. The first kappa shape index (κ1) is 13.4. The second-order valence-electron chi connectivity index (χ2n) is 5.64. The fraction of sp³-hybridized carbons (Fsp3) is 0.333. The number of nitrogens with zero attached hydrogens (tertiary/aromatic N) is 4. The van der Waals surface area contributed by atoms with Gasteiger partial charge in [0.05, 0.1) is 5.69 Å². The first-order valence-corrected chi connectivity index (χ1v) is 8.10. The van der Waals surface area contributed by atoms with Gasteiger partial charge in [-0.2, -0.15) is 0 Å². The average molecular weight is 313 g/mol. The fourth-order valence-electron chi connectivity index (χ4n) is 2.69. The number of rotatable bonds is 2. The van der Waals surface area contributed by atoms with E-state index >= 15 is 0 Å². The van der Waals surface area contributed by atoms with Gasteiger partial charge in [0.2, 0.25) is 5.78 Å². The van der Waals surface area contributed by atoms with Gasteiger partial charge in [-0.1, -0.05) is 6.92 Å². The Hall–Kier alpha value is -2.28. The van der Waals surface area contributed by atoms with Crippen LogP contribution in [0.4, 0.5) is 5.13 Å². The minimum absolute atomic E-state index is 0.246. The van der Waals surface area contributed by atoms with Crippen molar-refractivity contribution in [1.82, 2.24) is 19.4 Å². The van der Waals surface area contributed by atoms with E-state index in [1.807, 2.05) is 6.20 Å². The van der Waals surface area contributed by atoms with Gasteiger partial charge in [0.1, 0.15) is 5.69 Å². The van der Waals surface area contributed by atoms with Gasteiger partial charge < -0.3 is 0 Å². The third kappa shape index (κ3) is 2.37. The summed E-state index contributed by atoms with van der Waals surface area (Å²) >= 11 is 1.58. The van der Waals surface area contributed by atoms with Crippen LogP contribution in [0.25, 0.3) is 5.78 Å². The topological polar surface area (TPSA) is 72.2 Å². The van der Waals surface area contributed by atoms with Crippen LogP contribution in [-0.4, -0.2) is 25.3 Å². The molecule has 0 aliphatic heterocycles. The largest absolute Gasteiger partial charge is 0.296 e. The van der Waals surface area contributed by atoms with Crippen LogP contribution in [0.1, 0.15) is 34.4 Å². The predicted molar refractivity (Wildman–Crippen MR) is 84.2 cm³/mol. The molecule has 3 heterocycles. The van der Waals surface area contributed by atoms with E-state index < -0.39 is 0 Å². The highest BCUT2D eigenvalue weighted by atomic mass is 32.1. The summed E-state index contributed by atoms with van der Waals surface area (Å²) in [5.74, 6) is 0.963. The lowest BCUT2D eigenvalue weighted by Gasteiger charge is -2.15. The van der Waals surface area contributed by atoms with E-state index in [9.17, 15) is 4.79 Å². The molecule has 1 N–H and O–H groups in total. The lowest BCUT2D eigenvalue weighted by atomic mass is 9.93. The number of hydrogen-bond donors (Lipinski definition) is 1. The van der Waals surface area contributed by atoms with E-state index in [4.69, 9.17) is 0 Å². The second-order valence-corrected chi connectivity index (χ2v) is 6.73. The molecule has 1 aliphatic carbocycles. The van der Waals surface area contributed by atoms with Crippen molar-refractivity contribution >= 4 is 28.2 Å². The maximum atomic E-state index is 12.3. The Balaban J connectivity index is 1.56. The Kier molecular flexibility index (Phi) is 3.15. The molecule has 0 radical (unpaired) electrons. The Morgan fingerprint density at radius 3 is 3.23 bits per heavy atom. The summed E-state index contributed by atoms with van der Waals surface area (Å²) in [6.45, 7) is 2.25. The van der Waals surface area contributed by atoms with Gasteiger partial charge >= 0.3 is 0 Å². The summed E-state index contributed by atoms with van der Waals surface area (Å²) in [7, 11) is 0. The molecule has 3 aromatic rings. The molecule has 0 saturated heterocycles. The molecule has 0 fully saturated rings. The third-order valence-corrected chi connectivity index (χ3v) is 4.91. The Morgan fingerprint density at radius 2 is 2.36 bits per heavy atom.